The summed E-state index contributed by atoms with van der Waals surface area (Å²) in [6.07, 6.45) is 4.83. The van der Waals surface area contributed by atoms with E-state index in [9.17, 15) is 0 Å². The van der Waals surface area contributed by atoms with E-state index in [1.807, 2.05) is 0 Å². The maximum atomic E-state index is 5.72. The van der Waals surface area contributed by atoms with Gasteiger partial charge >= 0.3 is 19.5 Å². The van der Waals surface area contributed by atoms with Crippen molar-refractivity contribution < 1.29 is 19.5 Å². The molecular formula is C42H44N2P2Rh+2. The third-order valence-corrected chi connectivity index (χ3v) is 17.4. The Balaban J connectivity index is 0.00000144. The Morgan fingerprint density at radius 1 is 0.362 bits per heavy atom. The average Bonchev–Trinajstić information content (AvgIpc) is 3.75. The summed E-state index contributed by atoms with van der Waals surface area (Å²) in [4.78, 5) is 11.4. The van der Waals surface area contributed by atoms with Crippen LogP contribution in [0.15, 0.2) is 146 Å². The fraction of sp³-hybridized carbons (Fsp3) is 0.190. The molecule has 5 aromatic carbocycles. The van der Waals surface area contributed by atoms with Gasteiger partial charge in [0.15, 0.2) is 0 Å². The van der Waals surface area contributed by atoms with E-state index in [1.54, 1.807) is 0 Å². The molecule has 2 aliphatic rings. The van der Waals surface area contributed by atoms with Gasteiger partial charge in [0.25, 0.3) is 0 Å². The third-order valence-electron chi connectivity index (χ3n) is 9.91. The molecule has 4 unspecified atom stereocenters. The standard InChI is InChI=1S/C40H36N2P2.2CH3.Rh/c1-5-15-29(16-6-1)35-25-26-36(30-17-7-2-8-18-30)43(35)39-40(42-34-24-14-13-23-33(34)41-39)44-37(31-19-9-3-10-20-31)27-28-38(44)32-21-11-4-12-22-32;;;/h1-24,35-38H,25-28H2;2*1H3;/q;2*-1;+2/p+2/t35-,36?,37+,38?,43?,44?;;;. The van der Waals surface area contributed by atoms with Crippen LogP contribution in [-0.2, 0) is 19.5 Å². The Kier molecular flexibility index (Phi) is 11.9. The first-order chi connectivity index (χ1) is 21.8. The molecule has 6 atom stereocenters. The Morgan fingerprint density at radius 3 is 0.851 bits per heavy atom. The minimum atomic E-state index is -1.19. The van der Waals surface area contributed by atoms with E-state index in [-0.39, 0.29) is 34.3 Å². The first kappa shape index (κ1) is 35.2. The van der Waals surface area contributed by atoms with Crippen LogP contribution < -0.4 is 10.9 Å². The number of benzene rings is 5. The Labute approximate surface area is 296 Å². The summed E-state index contributed by atoms with van der Waals surface area (Å²) >= 11 is 0. The number of hydrogen-bond acceptors (Lipinski definition) is 2. The second-order valence-corrected chi connectivity index (χ2v) is 17.9. The SMILES string of the molecule is [CH3-].[CH3-].[Rh+2].c1ccc(C2CC[C@H](c3ccccc3)[PH+]2c2nc3ccccc3nc2[PH+]2C(c3ccccc3)CC[C@H]2c2ccccc2)cc1. The monoisotopic (exact) mass is 741 g/mol. The summed E-state index contributed by atoms with van der Waals surface area (Å²) in [5.41, 5.74) is 12.8. The quantitative estimate of drug-likeness (QED) is 0.0965. The molecule has 0 N–H and O–H groups in total. The molecule has 1 radical (unpaired) electrons. The number of nitrogens with zero attached hydrogens (tertiary/aromatic N) is 2. The second-order valence-electron chi connectivity index (χ2n) is 12.3. The van der Waals surface area contributed by atoms with Crippen molar-refractivity contribution in [3.63, 3.8) is 0 Å². The number of rotatable bonds is 6. The summed E-state index contributed by atoms with van der Waals surface area (Å²) in [7, 11) is -2.37. The Bertz CT molecular complexity index is 1620. The summed E-state index contributed by atoms with van der Waals surface area (Å²) in [6.45, 7) is 0. The van der Waals surface area contributed by atoms with E-state index in [0.717, 1.165) is 11.0 Å². The fourth-order valence-electron chi connectivity index (χ4n) is 7.96. The van der Waals surface area contributed by atoms with Crippen LogP contribution in [0, 0.1) is 14.9 Å². The maximum Gasteiger partial charge on any atom is 2.00 e. The predicted molar refractivity (Wildman–Crippen MR) is 203 cm³/mol. The Morgan fingerprint density at radius 2 is 0.596 bits per heavy atom. The molecule has 2 fully saturated rings. The van der Waals surface area contributed by atoms with Crippen LogP contribution in [0.1, 0.15) is 70.6 Å². The number of aromatic nitrogens is 2. The van der Waals surface area contributed by atoms with E-state index < -0.39 is 15.8 Å². The van der Waals surface area contributed by atoms with Gasteiger partial charge in [-0.05, 0) is 60.1 Å². The molecule has 0 saturated carbocycles. The normalized spacial score (nSPS) is 23.3. The van der Waals surface area contributed by atoms with E-state index in [4.69, 9.17) is 9.97 Å². The van der Waals surface area contributed by atoms with Crippen molar-refractivity contribution in [2.24, 2.45) is 0 Å². The molecule has 5 heteroatoms. The zero-order chi connectivity index (χ0) is 29.3. The molecular weight excluding hydrogens is 697 g/mol. The first-order valence-corrected chi connectivity index (χ1v) is 19.4. The topological polar surface area (TPSA) is 25.8 Å². The molecule has 0 amide bonds. The summed E-state index contributed by atoms with van der Waals surface area (Å²) in [5, 5.41) is 0. The van der Waals surface area contributed by atoms with Crippen LogP contribution in [0.25, 0.3) is 11.0 Å². The molecule has 2 saturated heterocycles. The third kappa shape index (κ3) is 6.92. The molecule has 3 heterocycles. The van der Waals surface area contributed by atoms with Crippen molar-refractivity contribution in [2.45, 2.75) is 48.3 Å². The van der Waals surface area contributed by atoms with Crippen LogP contribution in [0.2, 0.25) is 0 Å². The first-order valence-electron chi connectivity index (χ1n) is 16.1. The van der Waals surface area contributed by atoms with Crippen LogP contribution in [0.5, 0.6) is 0 Å². The molecule has 47 heavy (non-hydrogen) atoms. The van der Waals surface area contributed by atoms with Crippen molar-refractivity contribution in [3.8, 4) is 0 Å². The molecule has 0 bridgehead atoms. The minimum absolute atomic E-state index is 0. The van der Waals surface area contributed by atoms with Crippen molar-refractivity contribution in [1.82, 2.24) is 9.97 Å². The van der Waals surface area contributed by atoms with Crippen molar-refractivity contribution in [1.29, 1.82) is 0 Å². The summed E-state index contributed by atoms with van der Waals surface area (Å²) in [5.74, 6) is 0. The largest absolute Gasteiger partial charge is 2.00 e. The van der Waals surface area contributed by atoms with Crippen molar-refractivity contribution in [2.75, 3.05) is 0 Å². The van der Waals surface area contributed by atoms with Gasteiger partial charge in [-0.2, -0.15) is 0 Å². The number of fused-ring (bicyclic) bond motifs is 1. The predicted octanol–water partition coefficient (Wildman–Crippen LogP) is 10.8. The molecule has 239 valence electrons. The van der Waals surface area contributed by atoms with Crippen LogP contribution in [0.4, 0.5) is 0 Å². The van der Waals surface area contributed by atoms with Gasteiger partial charge in [0.05, 0.1) is 49.5 Å². The summed E-state index contributed by atoms with van der Waals surface area (Å²) in [6, 6.07) is 53.9. The van der Waals surface area contributed by atoms with Crippen molar-refractivity contribution in [3.05, 3.63) is 183 Å². The molecule has 0 aliphatic carbocycles. The average molecular weight is 742 g/mol. The van der Waals surface area contributed by atoms with Gasteiger partial charge in [0, 0.05) is 0 Å². The molecule has 0 spiro atoms. The molecule has 6 aromatic rings. The zero-order valence-corrected chi connectivity index (χ0v) is 30.9. The molecule has 1 aromatic heterocycles. The molecule has 8 rings (SSSR count). The van der Waals surface area contributed by atoms with Gasteiger partial charge in [-0.25, -0.2) is 9.97 Å². The fourth-order valence-corrected chi connectivity index (χ4v) is 16.4. The van der Waals surface area contributed by atoms with E-state index >= 15 is 0 Å². The van der Waals surface area contributed by atoms with Gasteiger partial charge in [-0.3, -0.25) is 0 Å². The van der Waals surface area contributed by atoms with E-state index in [1.165, 1.54) is 58.8 Å². The van der Waals surface area contributed by atoms with Gasteiger partial charge in [-0.1, -0.05) is 133 Å². The second kappa shape index (κ2) is 15.9. The number of hydrogen-bond donors (Lipinski definition) is 0. The maximum absolute atomic E-state index is 5.72. The van der Waals surface area contributed by atoms with Gasteiger partial charge in [-0.15, -0.1) is 0 Å². The minimum Gasteiger partial charge on any atom is -0.358 e. The molecule has 2 aliphatic heterocycles. The van der Waals surface area contributed by atoms with Crippen LogP contribution >= 0.6 is 15.8 Å². The van der Waals surface area contributed by atoms with Crippen LogP contribution in [0.3, 0.4) is 0 Å². The van der Waals surface area contributed by atoms with E-state index in [2.05, 4.69) is 146 Å². The zero-order valence-electron chi connectivity index (χ0n) is 27.2. The van der Waals surface area contributed by atoms with Gasteiger partial charge < -0.3 is 14.9 Å². The number of para-hydroxylation sites is 2. The van der Waals surface area contributed by atoms with Gasteiger partial charge in [0.2, 0.25) is 10.9 Å². The van der Waals surface area contributed by atoms with E-state index in [0.29, 0.717) is 22.6 Å². The Hall–Kier alpha value is -3.08. The molecule has 2 nitrogen and oxygen atoms in total. The van der Waals surface area contributed by atoms with Crippen LogP contribution in [-0.4, -0.2) is 9.97 Å². The summed E-state index contributed by atoms with van der Waals surface area (Å²) < 4.78 is 0. The van der Waals surface area contributed by atoms with Gasteiger partial charge in [0.1, 0.15) is 0 Å². The smallest absolute Gasteiger partial charge is 0.358 e. The van der Waals surface area contributed by atoms with Crippen molar-refractivity contribution >= 4 is 37.7 Å².